The molecule has 0 fully saturated rings. The van der Waals surface area contributed by atoms with Crippen LogP contribution in [-0.4, -0.2) is 22.9 Å². The Morgan fingerprint density at radius 3 is 2.60 bits per heavy atom. The van der Waals surface area contributed by atoms with Crippen molar-refractivity contribution in [2.24, 2.45) is 5.92 Å². The Hall–Kier alpha value is -0.840. The van der Waals surface area contributed by atoms with Gasteiger partial charge in [0.05, 0.1) is 29.7 Å². The summed E-state index contributed by atoms with van der Waals surface area (Å²) in [5.74, 6) is -0.390. The highest BCUT2D eigenvalue weighted by atomic mass is 79.9. The molecule has 0 saturated carbocycles. The van der Waals surface area contributed by atoms with Crippen LogP contribution in [-0.2, 0) is 16.1 Å². The second-order valence-electron chi connectivity index (χ2n) is 3.59. The third kappa shape index (κ3) is 2.59. The summed E-state index contributed by atoms with van der Waals surface area (Å²) in [5, 5.41) is 4.33. The van der Waals surface area contributed by atoms with E-state index in [9.17, 15) is 4.79 Å². The number of aryl methyl sites for hydroxylation is 1. The summed E-state index contributed by atoms with van der Waals surface area (Å²) in [6, 6.07) is 0. The van der Waals surface area contributed by atoms with E-state index < -0.39 is 0 Å². The predicted octanol–water partition coefficient (Wildman–Crippen LogP) is 2.07. The molecule has 4 nitrogen and oxygen atoms in total. The molecule has 0 aliphatic rings. The molecule has 1 heterocycles. The van der Waals surface area contributed by atoms with Gasteiger partial charge in [0.1, 0.15) is 0 Å². The molecule has 84 valence electrons. The molecule has 0 aromatic carbocycles. The lowest BCUT2D eigenvalue weighted by Crippen LogP contribution is -2.20. The van der Waals surface area contributed by atoms with Crippen LogP contribution in [0.15, 0.2) is 4.47 Å². The smallest absolute Gasteiger partial charge is 0.310 e. The van der Waals surface area contributed by atoms with Crippen molar-refractivity contribution in [1.29, 1.82) is 0 Å². The zero-order valence-electron chi connectivity index (χ0n) is 9.37. The molecule has 0 amide bonds. The van der Waals surface area contributed by atoms with E-state index in [1.54, 1.807) is 0 Å². The van der Waals surface area contributed by atoms with Crippen LogP contribution in [0.3, 0.4) is 0 Å². The number of carbonyl (C=O) groups is 1. The lowest BCUT2D eigenvalue weighted by atomic mass is 10.2. The van der Waals surface area contributed by atoms with Crippen molar-refractivity contribution >= 4 is 21.9 Å². The van der Waals surface area contributed by atoms with Crippen LogP contribution in [0.2, 0.25) is 0 Å². The van der Waals surface area contributed by atoms with E-state index in [-0.39, 0.29) is 11.9 Å². The monoisotopic (exact) mass is 274 g/mol. The number of hydrogen-bond donors (Lipinski definition) is 0. The van der Waals surface area contributed by atoms with Gasteiger partial charge in [-0.25, -0.2) is 0 Å². The second-order valence-corrected chi connectivity index (χ2v) is 4.38. The van der Waals surface area contributed by atoms with E-state index in [0.29, 0.717) is 6.54 Å². The third-order valence-electron chi connectivity index (χ3n) is 2.34. The number of halogens is 1. The van der Waals surface area contributed by atoms with Crippen LogP contribution in [0, 0.1) is 19.8 Å². The van der Waals surface area contributed by atoms with Crippen LogP contribution in [0.4, 0.5) is 0 Å². The molecular weight excluding hydrogens is 260 g/mol. The standard InChI is InChI=1S/C10H15BrN2O2/c1-6(10(14)15-4)5-13-8(3)9(11)7(2)12-13/h6H,5H2,1-4H3/t6-/m1/s1. The molecule has 1 aromatic rings. The maximum atomic E-state index is 11.2. The Morgan fingerprint density at radius 1 is 1.60 bits per heavy atom. The van der Waals surface area contributed by atoms with Crippen molar-refractivity contribution < 1.29 is 9.53 Å². The first-order valence-corrected chi connectivity index (χ1v) is 5.54. The zero-order valence-corrected chi connectivity index (χ0v) is 11.0. The summed E-state index contributed by atoms with van der Waals surface area (Å²) in [7, 11) is 1.40. The maximum Gasteiger partial charge on any atom is 0.310 e. The van der Waals surface area contributed by atoms with Gasteiger partial charge in [-0.05, 0) is 29.8 Å². The highest BCUT2D eigenvalue weighted by molar-refractivity contribution is 9.10. The normalized spacial score (nSPS) is 12.6. The van der Waals surface area contributed by atoms with Crippen LogP contribution >= 0.6 is 15.9 Å². The first kappa shape index (κ1) is 12.2. The molecule has 1 atom stereocenters. The summed E-state index contributed by atoms with van der Waals surface area (Å²) in [5.41, 5.74) is 1.97. The van der Waals surface area contributed by atoms with Gasteiger partial charge in [0, 0.05) is 5.69 Å². The van der Waals surface area contributed by atoms with Gasteiger partial charge in [0.15, 0.2) is 0 Å². The SMILES string of the molecule is COC(=O)[C@H](C)Cn1nc(C)c(Br)c1C. The number of hydrogen-bond acceptors (Lipinski definition) is 3. The van der Waals surface area contributed by atoms with Crippen molar-refractivity contribution in [3.63, 3.8) is 0 Å². The molecule has 0 spiro atoms. The van der Waals surface area contributed by atoms with Gasteiger partial charge in [-0.3, -0.25) is 9.48 Å². The molecule has 1 aromatic heterocycles. The fourth-order valence-electron chi connectivity index (χ4n) is 1.39. The Labute approximate surface area is 97.7 Å². The van der Waals surface area contributed by atoms with E-state index in [4.69, 9.17) is 0 Å². The van der Waals surface area contributed by atoms with Gasteiger partial charge in [0.2, 0.25) is 0 Å². The number of nitrogens with zero attached hydrogens (tertiary/aromatic N) is 2. The van der Waals surface area contributed by atoms with E-state index >= 15 is 0 Å². The van der Waals surface area contributed by atoms with Crippen LogP contribution in [0.5, 0.6) is 0 Å². The highest BCUT2D eigenvalue weighted by Gasteiger charge is 2.17. The number of ether oxygens (including phenoxy) is 1. The van der Waals surface area contributed by atoms with E-state index in [1.807, 2.05) is 25.5 Å². The Kier molecular flexibility index (Phi) is 3.90. The summed E-state index contributed by atoms with van der Waals surface area (Å²) in [6.07, 6.45) is 0. The Balaban J connectivity index is 2.81. The minimum Gasteiger partial charge on any atom is -0.469 e. The first-order valence-electron chi connectivity index (χ1n) is 4.74. The Bertz CT molecular complexity index is 374. The summed E-state index contributed by atoms with van der Waals surface area (Å²) in [6.45, 7) is 6.27. The van der Waals surface area contributed by atoms with Gasteiger partial charge >= 0.3 is 5.97 Å². The number of aromatic nitrogens is 2. The molecule has 5 heteroatoms. The molecule has 0 aliphatic heterocycles. The summed E-state index contributed by atoms with van der Waals surface area (Å²) < 4.78 is 7.49. The zero-order chi connectivity index (χ0) is 11.6. The van der Waals surface area contributed by atoms with E-state index in [1.165, 1.54) is 7.11 Å². The van der Waals surface area contributed by atoms with Crippen molar-refractivity contribution in [2.75, 3.05) is 7.11 Å². The number of esters is 1. The van der Waals surface area contributed by atoms with Crippen molar-refractivity contribution in [3.8, 4) is 0 Å². The molecule has 0 aliphatic carbocycles. The van der Waals surface area contributed by atoms with E-state index in [2.05, 4.69) is 25.8 Å². The van der Waals surface area contributed by atoms with Gasteiger partial charge < -0.3 is 4.74 Å². The average Bonchev–Trinajstić information content (AvgIpc) is 2.45. The topological polar surface area (TPSA) is 44.1 Å². The lowest BCUT2D eigenvalue weighted by molar-refractivity contribution is -0.145. The lowest BCUT2D eigenvalue weighted by Gasteiger charge is -2.10. The van der Waals surface area contributed by atoms with Gasteiger partial charge in [0.25, 0.3) is 0 Å². The van der Waals surface area contributed by atoms with Crippen LogP contribution in [0.25, 0.3) is 0 Å². The average molecular weight is 275 g/mol. The number of rotatable bonds is 3. The van der Waals surface area contributed by atoms with Crippen LogP contribution < -0.4 is 0 Å². The first-order chi connectivity index (χ1) is 6.97. The predicted molar refractivity (Wildman–Crippen MR) is 60.6 cm³/mol. The quantitative estimate of drug-likeness (QED) is 0.793. The van der Waals surface area contributed by atoms with Gasteiger partial charge in [-0.1, -0.05) is 6.92 Å². The fourth-order valence-corrected chi connectivity index (χ4v) is 1.67. The molecule has 0 saturated heterocycles. The molecular formula is C10H15BrN2O2. The van der Waals surface area contributed by atoms with Gasteiger partial charge in [-0.15, -0.1) is 0 Å². The van der Waals surface area contributed by atoms with Crippen molar-refractivity contribution in [3.05, 3.63) is 15.9 Å². The largest absolute Gasteiger partial charge is 0.469 e. The molecule has 0 bridgehead atoms. The van der Waals surface area contributed by atoms with Crippen molar-refractivity contribution in [2.45, 2.75) is 27.3 Å². The summed E-state index contributed by atoms with van der Waals surface area (Å²) >= 11 is 3.44. The van der Waals surface area contributed by atoms with E-state index in [0.717, 1.165) is 15.9 Å². The van der Waals surface area contributed by atoms with Crippen LogP contribution in [0.1, 0.15) is 18.3 Å². The molecule has 0 unspecified atom stereocenters. The number of carbonyl (C=O) groups excluding carboxylic acids is 1. The Morgan fingerprint density at radius 2 is 2.20 bits per heavy atom. The molecule has 1 rings (SSSR count). The molecule has 0 N–H and O–H groups in total. The summed E-state index contributed by atoms with van der Waals surface area (Å²) in [4.78, 5) is 11.2. The number of methoxy groups -OCH3 is 1. The highest BCUT2D eigenvalue weighted by Crippen LogP contribution is 2.20. The van der Waals surface area contributed by atoms with Crippen molar-refractivity contribution in [1.82, 2.24) is 9.78 Å². The van der Waals surface area contributed by atoms with Gasteiger partial charge in [-0.2, -0.15) is 5.10 Å². The second kappa shape index (κ2) is 4.79. The minimum absolute atomic E-state index is 0.181. The molecule has 0 radical (unpaired) electrons. The minimum atomic E-state index is -0.210. The third-order valence-corrected chi connectivity index (χ3v) is 3.49. The fraction of sp³-hybridized carbons (Fsp3) is 0.600. The molecule has 15 heavy (non-hydrogen) atoms. The maximum absolute atomic E-state index is 11.2.